The molecular formula is C17H26N4O3. The number of ether oxygens (including phenoxy) is 1. The summed E-state index contributed by atoms with van der Waals surface area (Å²) in [5.74, 6) is 0.628. The van der Waals surface area contributed by atoms with Gasteiger partial charge in [0.15, 0.2) is 0 Å². The second-order valence-corrected chi connectivity index (χ2v) is 6.14. The molecule has 1 aliphatic rings. The van der Waals surface area contributed by atoms with Crippen molar-refractivity contribution in [3.63, 3.8) is 0 Å². The van der Waals surface area contributed by atoms with Crippen LogP contribution in [0.1, 0.15) is 19.3 Å². The molecule has 1 unspecified atom stereocenters. The van der Waals surface area contributed by atoms with Crippen LogP contribution in [0.25, 0.3) is 0 Å². The number of amides is 3. The van der Waals surface area contributed by atoms with Crippen LogP contribution in [0.15, 0.2) is 24.5 Å². The number of nitrogens with zero attached hydrogens (tertiary/aromatic N) is 3. The zero-order valence-electron chi connectivity index (χ0n) is 14.4. The van der Waals surface area contributed by atoms with Crippen molar-refractivity contribution >= 4 is 11.9 Å². The summed E-state index contributed by atoms with van der Waals surface area (Å²) >= 11 is 0. The molecular weight excluding hydrogens is 308 g/mol. The van der Waals surface area contributed by atoms with Gasteiger partial charge in [0.2, 0.25) is 5.91 Å². The third-order valence-electron chi connectivity index (χ3n) is 3.97. The molecule has 132 valence electrons. The average molecular weight is 334 g/mol. The van der Waals surface area contributed by atoms with Crippen molar-refractivity contribution < 1.29 is 14.3 Å². The molecule has 0 bridgehead atoms. The minimum absolute atomic E-state index is 0.0210. The van der Waals surface area contributed by atoms with Gasteiger partial charge in [-0.05, 0) is 31.4 Å². The van der Waals surface area contributed by atoms with Gasteiger partial charge in [0, 0.05) is 39.9 Å². The first kappa shape index (κ1) is 18.0. The lowest BCUT2D eigenvalue weighted by molar-refractivity contribution is -0.126. The number of aromatic nitrogens is 1. The molecule has 2 heterocycles. The Labute approximate surface area is 143 Å². The number of hydrogen-bond donors (Lipinski definition) is 1. The van der Waals surface area contributed by atoms with Crippen molar-refractivity contribution in [2.24, 2.45) is 5.92 Å². The van der Waals surface area contributed by atoms with E-state index in [9.17, 15) is 9.59 Å². The predicted octanol–water partition coefficient (Wildman–Crippen LogP) is 1.36. The minimum atomic E-state index is -0.123. The normalized spacial score (nSPS) is 17.2. The van der Waals surface area contributed by atoms with E-state index in [1.54, 1.807) is 36.3 Å². The smallest absolute Gasteiger partial charge is 0.319 e. The number of hydrogen-bond acceptors (Lipinski definition) is 4. The Bertz CT molecular complexity index is 536. The third-order valence-corrected chi connectivity index (χ3v) is 3.97. The van der Waals surface area contributed by atoms with E-state index in [4.69, 9.17) is 4.74 Å². The number of piperidine rings is 1. The predicted molar refractivity (Wildman–Crippen MR) is 90.7 cm³/mol. The zero-order chi connectivity index (χ0) is 17.4. The molecule has 1 aromatic rings. The van der Waals surface area contributed by atoms with Crippen LogP contribution in [0.2, 0.25) is 0 Å². The Morgan fingerprint density at radius 1 is 1.46 bits per heavy atom. The Morgan fingerprint density at radius 3 is 3.00 bits per heavy atom. The number of nitrogens with one attached hydrogen (secondary N) is 1. The molecule has 0 spiro atoms. The third kappa shape index (κ3) is 5.40. The Morgan fingerprint density at radius 2 is 2.29 bits per heavy atom. The molecule has 1 atom stereocenters. The molecule has 7 heteroatoms. The van der Waals surface area contributed by atoms with Crippen molar-refractivity contribution in [3.05, 3.63) is 24.5 Å². The van der Waals surface area contributed by atoms with Crippen molar-refractivity contribution in [3.8, 4) is 5.75 Å². The van der Waals surface area contributed by atoms with E-state index in [0.717, 1.165) is 31.6 Å². The van der Waals surface area contributed by atoms with Gasteiger partial charge in [0.05, 0.1) is 18.7 Å². The van der Waals surface area contributed by atoms with Gasteiger partial charge in [0.25, 0.3) is 0 Å². The van der Waals surface area contributed by atoms with Gasteiger partial charge in [-0.3, -0.25) is 9.78 Å². The highest BCUT2D eigenvalue weighted by atomic mass is 16.5. The topological polar surface area (TPSA) is 74.8 Å². The minimum Gasteiger partial charge on any atom is -0.492 e. The fourth-order valence-corrected chi connectivity index (χ4v) is 2.70. The first-order valence-corrected chi connectivity index (χ1v) is 8.34. The number of carbonyl (C=O) groups excluding carboxylic acids is 2. The lowest BCUT2D eigenvalue weighted by Crippen LogP contribution is -2.48. The number of pyridine rings is 1. The first-order chi connectivity index (χ1) is 11.6. The maximum Gasteiger partial charge on any atom is 0.319 e. The molecule has 1 saturated heterocycles. The van der Waals surface area contributed by atoms with Gasteiger partial charge in [-0.25, -0.2) is 4.79 Å². The summed E-state index contributed by atoms with van der Waals surface area (Å²) in [5, 5.41) is 2.94. The molecule has 0 saturated carbocycles. The molecule has 0 aromatic carbocycles. The standard InChI is InChI=1S/C17H26N4O3/c1-20(2)17(23)21-10-4-6-14(13-21)16(22)19-9-5-11-24-15-7-3-8-18-12-15/h3,7-8,12,14H,4-6,9-11,13H2,1-2H3,(H,19,22). The van der Waals surface area contributed by atoms with Gasteiger partial charge < -0.3 is 19.9 Å². The van der Waals surface area contributed by atoms with Crippen LogP contribution >= 0.6 is 0 Å². The summed E-state index contributed by atoms with van der Waals surface area (Å²) in [7, 11) is 3.46. The van der Waals surface area contributed by atoms with Gasteiger partial charge >= 0.3 is 6.03 Å². The lowest BCUT2D eigenvalue weighted by atomic mass is 9.97. The molecule has 0 radical (unpaired) electrons. The fraction of sp³-hybridized carbons (Fsp3) is 0.588. The van der Waals surface area contributed by atoms with Crippen LogP contribution in [0.5, 0.6) is 5.75 Å². The van der Waals surface area contributed by atoms with Crippen molar-refractivity contribution in [2.75, 3.05) is 40.3 Å². The number of carbonyl (C=O) groups is 2. The van der Waals surface area contributed by atoms with Crippen LogP contribution in [0, 0.1) is 5.92 Å². The van der Waals surface area contributed by atoms with Crippen LogP contribution in [0.3, 0.4) is 0 Å². The summed E-state index contributed by atoms with van der Waals surface area (Å²) in [5.41, 5.74) is 0. The van der Waals surface area contributed by atoms with E-state index in [1.165, 1.54) is 0 Å². The highest BCUT2D eigenvalue weighted by Crippen LogP contribution is 2.17. The molecule has 1 fully saturated rings. The van der Waals surface area contributed by atoms with Crippen molar-refractivity contribution in [1.82, 2.24) is 20.1 Å². The molecule has 1 N–H and O–H groups in total. The van der Waals surface area contributed by atoms with Gasteiger partial charge in [-0.2, -0.15) is 0 Å². The maximum atomic E-state index is 12.3. The fourth-order valence-electron chi connectivity index (χ4n) is 2.70. The monoisotopic (exact) mass is 334 g/mol. The molecule has 7 nitrogen and oxygen atoms in total. The average Bonchev–Trinajstić information content (AvgIpc) is 2.61. The highest BCUT2D eigenvalue weighted by molar-refractivity contribution is 5.80. The SMILES string of the molecule is CN(C)C(=O)N1CCCC(C(=O)NCCCOc2cccnc2)C1. The zero-order valence-corrected chi connectivity index (χ0v) is 14.4. The van der Waals surface area contributed by atoms with E-state index in [-0.39, 0.29) is 17.9 Å². The van der Waals surface area contributed by atoms with E-state index in [1.807, 2.05) is 12.1 Å². The first-order valence-electron chi connectivity index (χ1n) is 8.34. The number of likely N-dealkylation sites (tertiary alicyclic amines) is 1. The lowest BCUT2D eigenvalue weighted by Gasteiger charge is -2.33. The van der Waals surface area contributed by atoms with Crippen LogP contribution < -0.4 is 10.1 Å². The molecule has 24 heavy (non-hydrogen) atoms. The molecule has 2 rings (SSSR count). The second-order valence-electron chi connectivity index (χ2n) is 6.14. The van der Waals surface area contributed by atoms with Crippen LogP contribution in [-0.4, -0.2) is 67.1 Å². The summed E-state index contributed by atoms with van der Waals surface area (Å²) < 4.78 is 5.54. The highest BCUT2D eigenvalue weighted by Gasteiger charge is 2.28. The van der Waals surface area contributed by atoms with Crippen LogP contribution in [0.4, 0.5) is 4.79 Å². The van der Waals surface area contributed by atoms with Gasteiger partial charge in [0.1, 0.15) is 5.75 Å². The summed E-state index contributed by atoms with van der Waals surface area (Å²) in [6.07, 6.45) is 5.78. The summed E-state index contributed by atoms with van der Waals surface area (Å²) in [6, 6.07) is 3.64. The summed E-state index contributed by atoms with van der Waals surface area (Å²) in [4.78, 5) is 31.5. The van der Waals surface area contributed by atoms with E-state index in [2.05, 4.69) is 10.3 Å². The number of urea groups is 1. The molecule has 0 aliphatic carbocycles. The van der Waals surface area contributed by atoms with Crippen molar-refractivity contribution in [1.29, 1.82) is 0 Å². The Balaban J connectivity index is 1.65. The molecule has 1 aromatic heterocycles. The quantitative estimate of drug-likeness (QED) is 0.797. The Kier molecular flexibility index (Phi) is 6.84. The van der Waals surface area contributed by atoms with E-state index in [0.29, 0.717) is 19.7 Å². The van der Waals surface area contributed by atoms with E-state index < -0.39 is 0 Å². The van der Waals surface area contributed by atoms with Crippen LogP contribution in [-0.2, 0) is 4.79 Å². The summed E-state index contributed by atoms with van der Waals surface area (Å²) in [6.45, 7) is 2.31. The van der Waals surface area contributed by atoms with Gasteiger partial charge in [-0.1, -0.05) is 0 Å². The molecule has 1 aliphatic heterocycles. The van der Waals surface area contributed by atoms with Gasteiger partial charge in [-0.15, -0.1) is 0 Å². The second kappa shape index (κ2) is 9.10. The largest absolute Gasteiger partial charge is 0.492 e. The number of rotatable bonds is 6. The molecule has 3 amide bonds. The van der Waals surface area contributed by atoms with E-state index >= 15 is 0 Å². The maximum absolute atomic E-state index is 12.3. The van der Waals surface area contributed by atoms with Crippen molar-refractivity contribution in [2.45, 2.75) is 19.3 Å². The Hall–Kier alpha value is -2.31.